The molecule has 2 N–H and O–H groups in total. The molecule has 1 fully saturated rings. The number of Topliss-reactive ketones (excluding diaryl/α,β-unsaturated/α-hetero) is 1. The lowest BCUT2D eigenvalue weighted by molar-refractivity contribution is -0.131. The normalized spacial score (nSPS) is 25.9. The number of hydrogen-bond donors (Lipinski definition) is 2. The smallest absolute Gasteiger partial charge is 0.217 e. The Bertz CT molecular complexity index is 262. The first-order valence-electron chi connectivity index (χ1n) is 5.08. The zero-order valence-electron chi connectivity index (χ0n) is 9.00. The Morgan fingerprint density at radius 3 is 1.80 bits per heavy atom. The molecule has 2 atom stereocenters. The van der Waals surface area contributed by atoms with Crippen molar-refractivity contribution in [2.24, 2.45) is 0 Å². The fraction of sp³-hybridized carbons (Fsp3) is 0.700. The van der Waals surface area contributed by atoms with Crippen LogP contribution in [0.15, 0.2) is 0 Å². The minimum absolute atomic E-state index is 0.0911. The van der Waals surface area contributed by atoms with Gasteiger partial charge in [0.1, 0.15) is 0 Å². The fourth-order valence-electron chi connectivity index (χ4n) is 1.83. The maximum absolute atomic E-state index is 11.8. The summed E-state index contributed by atoms with van der Waals surface area (Å²) in [5.74, 6) is -0.514. The molecule has 15 heavy (non-hydrogen) atoms. The van der Waals surface area contributed by atoms with E-state index in [2.05, 4.69) is 10.6 Å². The van der Waals surface area contributed by atoms with Gasteiger partial charge >= 0.3 is 0 Å². The summed E-state index contributed by atoms with van der Waals surface area (Å²) in [5, 5.41) is 5.19. The molecule has 0 spiro atoms. The zero-order valence-corrected chi connectivity index (χ0v) is 9.00. The van der Waals surface area contributed by atoms with E-state index in [0.29, 0.717) is 12.8 Å². The maximum atomic E-state index is 11.8. The van der Waals surface area contributed by atoms with Gasteiger partial charge in [-0.3, -0.25) is 14.4 Å². The minimum atomic E-state index is -0.437. The molecule has 1 aliphatic carbocycles. The number of hydrogen-bond acceptors (Lipinski definition) is 3. The van der Waals surface area contributed by atoms with E-state index in [1.807, 2.05) is 0 Å². The van der Waals surface area contributed by atoms with E-state index in [4.69, 9.17) is 0 Å². The molecule has 1 rings (SSSR count). The van der Waals surface area contributed by atoms with Crippen LogP contribution < -0.4 is 10.6 Å². The number of nitrogens with one attached hydrogen (secondary N) is 2. The van der Waals surface area contributed by atoms with Crippen LogP contribution in [0.5, 0.6) is 0 Å². The van der Waals surface area contributed by atoms with Gasteiger partial charge < -0.3 is 10.6 Å². The molecule has 2 amide bonds. The molecular weight excluding hydrogens is 196 g/mol. The average Bonchev–Trinajstić information content (AvgIpc) is 2.10. The van der Waals surface area contributed by atoms with E-state index in [0.717, 1.165) is 6.42 Å². The summed E-state index contributed by atoms with van der Waals surface area (Å²) in [5.41, 5.74) is 0. The molecule has 0 unspecified atom stereocenters. The average molecular weight is 212 g/mol. The van der Waals surface area contributed by atoms with Crippen molar-refractivity contribution in [3.63, 3.8) is 0 Å². The molecule has 5 nitrogen and oxygen atoms in total. The highest BCUT2D eigenvalue weighted by atomic mass is 16.2. The Labute approximate surface area is 88.6 Å². The Morgan fingerprint density at radius 2 is 1.47 bits per heavy atom. The van der Waals surface area contributed by atoms with E-state index in [1.165, 1.54) is 13.8 Å². The van der Waals surface area contributed by atoms with Gasteiger partial charge in [-0.1, -0.05) is 0 Å². The third-order valence-corrected chi connectivity index (χ3v) is 2.43. The van der Waals surface area contributed by atoms with Crippen LogP contribution in [0.4, 0.5) is 0 Å². The van der Waals surface area contributed by atoms with Crippen molar-refractivity contribution >= 4 is 17.6 Å². The minimum Gasteiger partial charge on any atom is -0.346 e. The second-order valence-electron chi connectivity index (χ2n) is 3.84. The molecule has 84 valence electrons. The molecule has 0 aromatic rings. The summed E-state index contributed by atoms with van der Waals surface area (Å²) in [4.78, 5) is 33.4. The van der Waals surface area contributed by atoms with Crippen LogP contribution in [0.25, 0.3) is 0 Å². The van der Waals surface area contributed by atoms with Crippen molar-refractivity contribution in [3.05, 3.63) is 0 Å². The van der Waals surface area contributed by atoms with Gasteiger partial charge in [-0.15, -0.1) is 0 Å². The lowest BCUT2D eigenvalue weighted by Crippen LogP contribution is -2.53. The van der Waals surface area contributed by atoms with E-state index >= 15 is 0 Å². The molecule has 0 heterocycles. The van der Waals surface area contributed by atoms with Crippen LogP contribution in [0.3, 0.4) is 0 Å². The van der Waals surface area contributed by atoms with Crippen LogP contribution in [-0.4, -0.2) is 29.7 Å². The highest BCUT2D eigenvalue weighted by Gasteiger charge is 2.31. The lowest BCUT2D eigenvalue weighted by atomic mass is 9.89. The summed E-state index contributed by atoms with van der Waals surface area (Å²) in [6, 6.07) is -0.874. The highest BCUT2D eigenvalue weighted by molar-refractivity contribution is 5.95. The second-order valence-corrected chi connectivity index (χ2v) is 3.84. The van der Waals surface area contributed by atoms with Crippen LogP contribution in [0.1, 0.15) is 33.1 Å². The monoisotopic (exact) mass is 212 g/mol. The molecule has 1 saturated carbocycles. The van der Waals surface area contributed by atoms with E-state index < -0.39 is 12.1 Å². The van der Waals surface area contributed by atoms with Crippen molar-refractivity contribution in [1.82, 2.24) is 10.6 Å². The number of carbonyl (C=O) groups is 3. The Kier molecular flexibility index (Phi) is 3.82. The topological polar surface area (TPSA) is 75.3 Å². The highest BCUT2D eigenvalue weighted by Crippen LogP contribution is 2.15. The summed E-state index contributed by atoms with van der Waals surface area (Å²) < 4.78 is 0. The van der Waals surface area contributed by atoms with Gasteiger partial charge in [0, 0.05) is 13.8 Å². The summed E-state index contributed by atoms with van der Waals surface area (Å²) in [7, 11) is 0. The summed E-state index contributed by atoms with van der Waals surface area (Å²) >= 11 is 0. The van der Waals surface area contributed by atoms with Gasteiger partial charge in [-0.2, -0.15) is 0 Å². The predicted molar refractivity (Wildman–Crippen MR) is 54.1 cm³/mol. The second kappa shape index (κ2) is 4.91. The van der Waals surface area contributed by atoms with Gasteiger partial charge in [-0.25, -0.2) is 0 Å². The molecule has 0 saturated heterocycles. The Hall–Kier alpha value is -1.39. The molecule has 1 aliphatic rings. The van der Waals surface area contributed by atoms with Crippen molar-refractivity contribution < 1.29 is 14.4 Å². The largest absolute Gasteiger partial charge is 0.346 e. The van der Waals surface area contributed by atoms with Gasteiger partial charge in [0.05, 0.1) is 12.1 Å². The molecule has 0 bridgehead atoms. The Balaban J connectivity index is 2.58. The summed E-state index contributed by atoms with van der Waals surface area (Å²) in [6.45, 7) is 2.77. The van der Waals surface area contributed by atoms with E-state index in [9.17, 15) is 14.4 Å². The molecule has 0 aromatic carbocycles. The molecular formula is C10H16N2O3. The van der Waals surface area contributed by atoms with Crippen molar-refractivity contribution in [3.8, 4) is 0 Å². The van der Waals surface area contributed by atoms with E-state index in [1.54, 1.807) is 0 Å². The maximum Gasteiger partial charge on any atom is 0.217 e. The quantitative estimate of drug-likeness (QED) is 0.662. The predicted octanol–water partition coefficient (Wildman–Crippen LogP) is -0.251. The molecule has 0 aromatic heterocycles. The number of amides is 2. The van der Waals surface area contributed by atoms with Gasteiger partial charge in [0.2, 0.25) is 11.8 Å². The third kappa shape index (κ3) is 3.34. The standard InChI is InChI=1S/C10H16N2O3/c1-6(13)11-8-4-3-5-9(10(8)15)12-7(2)14/h8-9H,3-5H2,1-2H3,(H,11,13)(H,12,14)/t8-,9+. The van der Waals surface area contributed by atoms with E-state index in [-0.39, 0.29) is 17.6 Å². The van der Waals surface area contributed by atoms with Crippen molar-refractivity contribution in [1.29, 1.82) is 0 Å². The van der Waals surface area contributed by atoms with Gasteiger partial charge in [0.15, 0.2) is 5.78 Å². The van der Waals surface area contributed by atoms with Crippen LogP contribution in [-0.2, 0) is 14.4 Å². The zero-order chi connectivity index (χ0) is 11.4. The van der Waals surface area contributed by atoms with Crippen LogP contribution in [0.2, 0.25) is 0 Å². The number of carbonyl (C=O) groups excluding carboxylic acids is 3. The first-order valence-corrected chi connectivity index (χ1v) is 5.08. The molecule has 0 radical (unpaired) electrons. The molecule has 5 heteroatoms. The SMILES string of the molecule is CC(=O)N[C@H]1CCC[C@@H](NC(C)=O)C1=O. The first-order chi connectivity index (χ1) is 7.00. The van der Waals surface area contributed by atoms with Gasteiger partial charge in [0.25, 0.3) is 0 Å². The van der Waals surface area contributed by atoms with Crippen LogP contribution >= 0.6 is 0 Å². The van der Waals surface area contributed by atoms with Crippen molar-refractivity contribution in [2.45, 2.75) is 45.2 Å². The number of rotatable bonds is 2. The van der Waals surface area contributed by atoms with Gasteiger partial charge in [-0.05, 0) is 19.3 Å². The lowest BCUT2D eigenvalue weighted by Gasteiger charge is -2.28. The number of ketones is 1. The Morgan fingerprint density at radius 1 is 1.07 bits per heavy atom. The third-order valence-electron chi connectivity index (χ3n) is 2.43. The fourth-order valence-corrected chi connectivity index (χ4v) is 1.83. The summed E-state index contributed by atoms with van der Waals surface area (Å²) in [6.07, 6.45) is 2.16. The van der Waals surface area contributed by atoms with Crippen LogP contribution in [0, 0.1) is 0 Å². The van der Waals surface area contributed by atoms with Crippen molar-refractivity contribution in [2.75, 3.05) is 0 Å². The first kappa shape index (κ1) is 11.7. The molecule has 0 aliphatic heterocycles.